The zero-order valence-corrected chi connectivity index (χ0v) is 10.5. The van der Waals surface area contributed by atoms with Gasteiger partial charge in [0.1, 0.15) is 6.54 Å². The van der Waals surface area contributed by atoms with Gasteiger partial charge in [-0.05, 0) is 25.6 Å². The van der Waals surface area contributed by atoms with Crippen LogP contribution in [0.2, 0.25) is 0 Å². The Balaban J connectivity index is 2.06. The van der Waals surface area contributed by atoms with Gasteiger partial charge in [-0.25, -0.2) is 0 Å². The zero-order chi connectivity index (χ0) is 12.3. The van der Waals surface area contributed by atoms with Crippen molar-refractivity contribution in [2.75, 3.05) is 7.05 Å². The minimum Gasteiger partial charge on any atom is -0.345 e. The fourth-order valence-corrected chi connectivity index (χ4v) is 1.63. The summed E-state index contributed by atoms with van der Waals surface area (Å²) >= 11 is 0. The predicted molar refractivity (Wildman–Crippen MR) is 64.7 cm³/mol. The van der Waals surface area contributed by atoms with E-state index < -0.39 is 0 Å². The Morgan fingerprint density at radius 2 is 2.35 bits per heavy atom. The Bertz CT molecular complexity index is 474. The SMILES string of the molecule is CCc1noc(Cn2ccc(C(C)NC)c2)n1. The van der Waals surface area contributed by atoms with E-state index in [2.05, 4.69) is 39.2 Å². The van der Waals surface area contributed by atoms with Crippen molar-refractivity contribution in [3.05, 3.63) is 35.7 Å². The minimum absolute atomic E-state index is 0.352. The summed E-state index contributed by atoms with van der Waals surface area (Å²) in [7, 11) is 1.95. The van der Waals surface area contributed by atoms with E-state index in [0.717, 1.165) is 12.2 Å². The molecule has 0 radical (unpaired) electrons. The van der Waals surface area contributed by atoms with E-state index in [9.17, 15) is 0 Å². The second-order valence-electron chi connectivity index (χ2n) is 4.09. The molecule has 0 bridgehead atoms. The largest absolute Gasteiger partial charge is 0.345 e. The van der Waals surface area contributed by atoms with Gasteiger partial charge in [0, 0.05) is 24.9 Å². The first-order chi connectivity index (χ1) is 8.22. The molecule has 0 spiro atoms. The van der Waals surface area contributed by atoms with Crippen molar-refractivity contribution in [3.8, 4) is 0 Å². The molecule has 2 aromatic heterocycles. The molecule has 2 heterocycles. The normalized spacial score (nSPS) is 12.9. The summed E-state index contributed by atoms with van der Waals surface area (Å²) in [5.74, 6) is 1.41. The van der Waals surface area contributed by atoms with Crippen molar-refractivity contribution >= 4 is 0 Å². The smallest absolute Gasteiger partial charge is 0.246 e. The lowest BCUT2D eigenvalue weighted by Gasteiger charge is -2.06. The van der Waals surface area contributed by atoms with Crippen LogP contribution in [0.4, 0.5) is 0 Å². The van der Waals surface area contributed by atoms with Gasteiger partial charge in [0.25, 0.3) is 0 Å². The molecule has 0 saturated carbocycles. The third-order valence-electron chi connectivity index (χ3n) is 2.85. The van der Waals surface area contributed by atoms with E-state index in [1.807, 2.05) is 20.2 Å². The van der Waals surface area contributed by atoms with Crippen molar-refractivity contribution in [1.82, 2.24) is 20.0 Å². The third kappa shape index (κ3) is 2.74. The van der Waals surface area contributed by atoms with E-state index in [0.29, 0.717) is 18.5 Å². The second kappa shape index (κ2) is 5.14. The maximum Gasteiger partial charge on any atom is 0.246 e. The fourth-order valence-electron chi connectivity index (χ4n) is 1.63. The fraction of sp³-hybridized carbons (Fsp3) is 0.500. The van der Waals surface area contributed by atoms with Crippen LogP contribution in [0, 0.1) is 0 Å². The standard InChI is InChI=1S/C12H18N4O/c1-4-11-14-12(17-15-11)8-16-6-5-10(7-16)9(2)13-3/h5-7,9,13H,4,8H2,1-3H3. The van der Waals surface area contributed by atoms with Gasteiger partial charge in [0.05, 0.1) is 0 Å². The number of hydrogen-bond donors (Lipinski definition) is 1. The highest BCUT2D eigenvalue weighted by Crippen LogP contribution is 2.12. The first kappa shape index (κ1) is 11.9. The number of nitrogens with one attached hydrogen (secondary N) is 1. The molecule has 2 rings (SSSR count). The molecule has 2 aromatic rings. The second-order valence-corrected chi connectivity index (χ2v) is 4.09. The first-order valence-electron chi connectivity index (χ1n) is 5.87. The topological polar surface area (TPSA) is 55.9 Å². The van der Waals surface area contributed by atoms with Crippen molar-refractivity contribution < 1.29 is 4.52 Å². The van der Waals surface area contributed by atoms with Gasteiger partial charge in [-0.1, -0.05) is 12.1 Å². The van der Waals surface area contributed by atoms with E-state index in [4.69, 9.17) is 4.52 Å². The summed E-state index contributed by atoms with van der Waals surface area (Å²) in [6.45, 7) is 4.77. The van der Waals surface area contributed by atoms with Gasteiger partial charge in [0.15, 0.2) is 5.82 Å². The van der Waals surface area contributed by atoms with Crippen LogP contribution in [0.1, 0.15) is 37.2 Å². The lowest BCUT2D eigenvalue weighted by Crippen LogP contribution is -2.11. The summed E-state index contributed by atoms with van der Waals surface area (Å²) < 4.78 is 7.21. The highest BCUT2D eigenvalue weighted by molar-refractivity contribution is 5.14. The molecule has 0 aromatic carbocycles. The summed E-state index contributed by atoms with van der Waals surface area (Å²) in [5.41, 5.74) is 1.25. The van der Waals surface area contributed by atoms with Crippen LogP contribution < -0.4 is 5.32 Å². The van der Waals surface area contributed by atoms with Crippen LogP contribution in [0.3, 0.4) is 0 Å². The van der Waals surface area contributed by atoms with Crippen molar-refractivity contribution in [2.24, 2.45) is 0 Å². The molecule has 0 fully saturated rings. The highest BCUT2D eigenvalue weighted by atomic mass is 16.5. The van der Waals surface area contributed by atoms with Crippen molar-refractivity contribution in [3.63, 3.8) is 0 Å². The van der Waals surface area contributed by atoms with Gasteiger partial charge in [-0.15, -0.1) is 0 Å². The van der Waals surface area contributed by atoms with Gasteiger partial charge >= 0.3 is 0 Å². The lowest BCUT2D eigenvalue weighted by molar-refractivity contribution is 0.366. The van der Waals surface area contributed by atoms with Crippen molar-refractivity contribution in [1.29, 1.82) is 0 Å². The molecule has 0 aliphatic rings. The van der Waals surface area contributed by atoms with E-state index in [1.54, 1.807) is 0 Å². The Kier molecular flexibility index (Phi) is 3.58. The van der Waals surface area contributed by atoms with Crippen LogP contribution in [0.5, 0.6) is 0 Å². The van der Waals surface area contributed by atoms with Crippen LogP contribution in [0.25, 0.3) is 0 Å². The molecule has 17 heavy (non-hydrogen) atoms. The molecule has 0 aliphatic heterocycles. The molecule has 1 atom stereocenters. The molecule has 5 nitrogen and oxygen atoms in total. The lowest BCUT2D eigenvalue weighted by atomic mass is 10.2. The summed E-state index contributed by atoms with van der Waals surface area (Å²) in [6, 6.07) is 2.45. The summed E-state index contributed by atoms with van der Waals surface area (Å²) in [4.78, 5) is 4.28. The monoisotopic (exact) mass is 234 g/mol. The molecule has 0 saturated heterocycles. The van der Waals surface area contributed by atoms with E-state index >= 15 is 0 Å². The maximum atomic E-state index is 5.16. The Morgan fingerprint density at radius 3 is 3.00 bits per heavy atom. The number of aryl methyl sites for hydroxylation is 1. The van der Waals surface area contributed by atoms with E-state index in [-0.39, 0.29) is 0 Å². The van der Waals surface area contributed by atoms with Gasteiger partial charge in [-0.2, -0.15) is 4.98 Å². The molecular formula is C12H18N4O. The van der Waals surface area contributed by atoms with Crippen LogP contribution in [0.15, 0.2) is 23.0 Å². The molecule has 1 N–H and O–H groups in total. The van der Waals surface area contributed by atoms with Gasteiger partial charge < -0.3 is 14.4 Å². The molecule has 92 valence electrons. The molecule has 0 amide bonds. The Morgan fingerprint density at radius 1 is 1.53 bits per heavy atom. The van der Waals surface area contributed by atoms with Gasteiger partial charge in [-0.3, -0.25) is 0 Å². The Labute approximate surface area is 101 Å². The third-order valence-corrected chi connectivity index (χ3v) is 2.85. The van der Waals surface area contributed by atoms with Crippen LogP contribution >= 0.6 is 0 Å². The molecule has 5 heteroatoms. The summed E-state index contributed by atoms with van der Waals surface area (Å²) in [6.07, 6.45) is 4.92. The number of rotatable bonds is 5. The van der Waals surface area contributed by atoms with Gasteiger partial charge in [0.2, 0.25) is 5.89 Å². The maximum absolute atomic E-state index is 5.16. The van der Waals surface area contributed by atoms with Crippen LogP contribution in [-0.4, -0.2) is 21.8 Å². The highest BCUT2D eigenvalue weighted by Gasteiger charge is 2.07. The van der Waals surface area contributed by atoms with Crippen molar-refractivity contribution in [2.45, 2.75) is 32.9 Å². The number of aromatic nitrogens is 3. The summed E-state index contributed by atoms with van der Waals surface area (Å²) in [5, 5.41) is 7.08. The van der Waals surface area contributed by atoms with E-state index in [1.165, 1.54) is 5.56 Å². The van der Waals surface area contributed by atoms with Crippen LogP contribution in [-0.2, 0) is 13.0 Å². The number of hydrogen-bond acceptors (Lipinski definition) is 4. The average molecular weight is 234 g/mol. The zero-order valence-electron chi connectivity index (χ0n) is 10.5. The molecular weight excluding hydrogens is 216 g/mol. The Hall–Kier alpha value is -1.62. The quantitative estimate of drug-likeness (QED) is 0.856. The number of nitrogens with zero attached hydrogens (tertiary/aromatic N) is 3. The first-order valence-corrected chi connectivity index (χ1v) is 5.87. The molecule has 1 unspecified atom stereocenters. The minimum atomic E-state index is 0.352. The predicted octanol–water partition coefficient (Wildman–Crippen LogP) is 1.76. The average Bonchev–Trinajstić information content (AvgIpc) is 2.97. The molecule has 0 aliphatic carbocycles.